The van der Waals surface area contributed by atoms with E-state index in [0.717, 1.165) is 22.2 Å². The summed E-state index contributed by atoms with van der Waals surface area (Å²) in [5.74, 6) is -0.112. The Morgan fingerprint density at radius 2 is 2.35 bits per heavy atom. The van der Waals surface area contributed by atoms with E-state index in [4.69, 9.17) is 8.85 Å². The van der Waals surface area contributed by atoms with Crippen molar-refractivity contribution in [2.75, 3.05) is 14.1 Å². The Morgan fingerprint density at radius 3 is 3.06 bits per heavy atom. The fourth-order valence-corrected chi connectivity index (χ4v) is 1.87. The molecule has 1 heterocycles. The van der Waals surface area contributed by atoms with Crippen molar-refractivity contribution in [1.29, 1.82) is 0 Å². The van der Waals surface area contributed by atoms with Gasteiger partial charge in [0.2, 0.25) is 0 Å². The normalized spacial score (nSPS) is 13.9. The molecule has 1 N–H and O–H groups in total. The third-order valence-corrected chi connectivity index (χ3v) is 2.76. The minimum Gasteiger partial charge on any atom is -0.497 e. The van der Waals surface area contributed by atoms with Gasteiger partial charge in [-0.1, -0.05) is 0 Å². The van der Waals surface area contributed by atoms with E-state index in [0.29, 0.717) is 0 Å². The van der Waals surface area contributed by atoms with Gasteiger partial charge in [-0.15, -0.1) is 0 Å². The number of methoxy groups -OCH3 is 2. The molecule has 90 valence electrons. The van der Waals surface area contributed by atoms with Gasteiger partial charge in [-0.25, -0.2) is 0 Å². The maximum Gasteiger partial charge on any atom is 0.310 e. The first-order valence-corrected chi connectivity index (χ1v) is 5.17. The highest BCUT2D eigenvalue weighted by atomic mass is 16.5. The van der Waals surface area contributed by atoms with Gasteiger partial charge in [-0.05, 0) is 30.7 Å². The number of benzene rings is 1. The molecular weight excluding hydrogens is 218 g/mol. The van der Waals surface area contributed by atoms with E-state index in [1.54, 1.807) is 18.2 Å². The van der Waals surface area contributed by atoms with Crippen molar-refractivity contribution in [3.63, 3.8) is 0 Å². The molecule has 0 aliphatic rings. The van der Waals surface area contributed by atoms with Crippen LogP contribution in [-0.2, 0) is 16.0 Å². The van der Waals surface area contributed by atoms with Gasteiger partial charge >= 0.3 is 5.97 Å². The van der Waals surface area contributed by atoms with Crippen LogP contribution in [-0.4, -0.2) is 25.1 Å². The molecule has 0 bridgehead atoms. The molecule has 1 aromatic heterocycles. The molecule has 17 heavy (non-hydrogen) atoms. The summed E-state index contributed by atoms with van der Waals surface area (Å²) in [7, 11) is -1.17. The Labute approximate surface area is 104 Å². The highest BCUT2D eigenvalue weighted by Gasteiger charge is 2.13. The standard InChI is InChI=1S/C13H15NO3/c1-8-10(7-13(15)17-3)11-6-9(16-2)4-5-12(11)14-8/h4-6,14H,7H2,1-3H3/i2D3. The molecule has 0 radical (unpaired) electrons. The number of H-pyrrole nitrogens is 1. The molecule has 1 aromatic carbocycles. The third-order valence-electron chi connectivity index (χ3n) is 2.76. The summed E-state index contributed by atoms with van der Waals surface area (Å²) < 4.78 is 30.9. The lowest BCUT2D eigenvalue weighted by Gasteiger charge is -2.02. The average Bonchev–Trinajstić information content (AvgIpc) is 2.64. The van der Waals surface area contributed by atoms with Crippen LogP contribution in [0.1, 0.15) is 15.4 Å². The number of fused-ring (bicyclic) bond motifs is 1. The van der Waals surface area contributed by atoms with E-state index < -0.39 is 7.04 Å². The van der Waals surface area contributed by atoms with Crippen LogP contribution >= 0.6 is 0 Å². The Balaban J connectivity index is 2.44. The summed E-state index contributed by atoms with van der Waals surface area (Å²) in [6, 6.07) is 4.92. The van der Waals surface area contributed by atoms with Gasteiger partial charge in [0.1, 0.15) is 5.75 Å². The molecule has 2 rings (SSSR count). The lowest BCUT2D eigenvalue weighted by atomic mass is 10.1. The molecular formula is C13H15NO3. The number of nitrogens with one attached hydrogen (secondary N) is 1. The zero-order valence-corrected chi connectivity index (χ0v) is 9.66. The molecule has 0 saturated heterocycles. The molecule has 0 atom stereocenters. The van der Waals surface area contributed by atoms with Gasteiger partial charge in [0.25, 0.3) is 0 Å². The number of esters is 1. The molecule has 0 saturated carbocycles. The van der Waals surface area contributed by atoms with E-state index in [2.05, 4.69) is 9.72 Å². The van der Waals surface area contributed by atoms with Crippen LogP contribution in [0.25, 0.3) is 10.9 Å². The lowest BCUT2D eigenvalue weighted by molar-refractivity contribution is -0.139. The van der Waals surface area contributed by atoms with Crippen molar-refractivity contribution in [3.05, 3.63) is 29.5 Å². The van der Waals surface area contributed by atoms with E-state index in [-0.39, 0.29) is 18.1 Å². The molecule has 0 unspecified atom stereocenters. The second-order valence-corrected chi connectivity index (χ2v) is 3.79. The number of aromatic nitrogens is 1. The quantitative estimate of drug-likeness (QED) is 0.831. The fraction of sp³-hybridized carbons (Fsp3) is 0.308. The topological polar surface area (TPSA) is 51.3 Å². The van der Waals surface area contributed by atoms with Crippen molar-refractivity contribution in [1.82, 2.24) is 4.98 Å². The van der Waals surface area contributed by atoms with E-state index in [9.17, 15) is 4.79 Å². The SMILES string of the molecule is [2H]C([2H])([2H])Oc1ccc2[nH]c(C)c(CC(=O)OC)c2c1. The summed E-state index contributed by atoms with van der Waals surface area (Å²) >= 11 is 0. The second-order valence-electron chi connectivity index (χ2n) is 3.79. The van der Waals surface area contributed by atoms with Gasteiger partial charge in [0.15, 0.2) is 0 Å². The zero-order chi connectivity index (χ0) is 14.9. The van der Waals surface area contributed by atoms with Crippen LogP contribution in [0.4, 0.5) is 0 Å². The smallest absolute Gasteiger partial charge is 0.310 e. The minimum absolute atomic E-state index is 0.125. The van der Waals surface area contributed by atoms with Crippen molar-refractivity contribution in [3.8, 4) is 5.75 Å². The predicted molar refractivity (Wildman–Crippen MR) is 65.3 cm³/mol. The summed E-state index contributed by atoms with van der Waals surface area (Å²) in [6.45, 7) is 1.85. The van der Waals surface area contributed by atoms with E-state index in [1.165, 1.54) is 7.11 Å². The highest BCUT2D eigenvalue weighted by Crippen LogP contribution is 2.26. The maximum atomic E-state index is 11.4. The Hall–Kier alpha value is -1.97. The van der Waals surface area contributed by atoms with Crippen molar-refractivity contribution in [2.24, 2.45) is 0 Å². The number of hydrogen-bond acceptors (Lipinski definition) is 3. The van der Waals surface area contributed by atoms with Gasteiger partial charge in [-0.2, -0.15) is 0 Å². The van der Waals surface area contributed by atoms with E-state index >= 15 is 0 Å². The zero-order valence-electron chi connectivity index (χ0n) is 12.7. The van der Waals surface area contributed by atoms with E-state index in [1.807, 2.05) is 6.92 Å². The van der Waals surface area contributed by atoms with Crippen molar-refractivity contribution in [2.45, 2.75) is 13.3 Å². The number of carbonyl (C=O) groups excluding carboxylic acids is 1. The summed E-state index contributed by atoms with van der Waals surface area (Å²) in [5.41, 5.74) is 2.44. The molecule has 4 nitrogen and oxygen atoms in total. The van der Waals surface area contributed by atoms with Crippen LogP contribution in [0.5, 0.6) is 5.75 Å². The van der Waals surface area contributed by atoms with Gasteiger partial charge in [0.05, 0.1) is 24.7 Å². The number of aryl methyl sites for hydroxylation is 1. The van der Waals surface area contributed by atoms with Crippen LogP contribution in [0, 0.1) is 6.92 Å². The van der Waals surface area contributed by atoms with Crippen LogP contribution < -0.4 is 4.74 Å². The monoisotopic (exact) mass is 236 g/mol. The lowest BCUT2D eigenvalue weighted by Crippen LogP contribution is -2.05. The van der Waals surface area contributed by atoms with Gasteiger partial charge in [-0.3, -0.25) is 4.79 Å². The first kappa shape index (κ1) is 8.17. The Bertz CT molecular complexity index is 646. The fourth-order valence-electron chi connectivity index (χ4n) is 1.87. The molecule has 0 aliphatic heterocycles. The number of carbonyl (C=O) groups is 1. The van der Waals surface area contributed by atoms with Crippen molar-refractivity contribution < 1.29 is 18.4 Å². The molecule has 2 aromatic rings. The highest BCUT2D eigenvalue weighted by molar-refractivity contribution is 5.89. The first-order chi connectivity index (χ1) is 9.30. The van der Waals surface area contributed by atoms with Crippen LogP contribution in [0.3, 0.4) is 0 Å². The maximum absolute atomic E-state index is 11.4. The minimum atomic E-state index is -2.50. The Morgan fingerprint density at radius 1 is 1.53 bits per heavy atom. The largest absolute Gasteiger partial charge is 0.497 e. The van der Waals surface area contributed by atoms with Gasteiger partial charge < -0.3 is 14.5 Å². The van der Waals surface area contributed by atoms with Crippen LogP contribution in [0.2, 0.25) is 0 Å². The van der Waals surface area contributed by atoms with Crippen LogP contribution in [0.15, 0.2) is 18.2 Å². The predicted octanol–water partition coefficient (Wildman–Crippen LogP) is 2.20. The average molecular weight is 236 g/mol. The van der Waals surface area contributed by atoms with Gasteiger partial charge in [0, 0.05) is 16.6 Å². The molecule has 0 fully saturated rings. The number of hydrogen-bond donors (Lipinski definition) is 1. The third kappa shape index (κ3) is 2.11. The number of ether oxygens (including phenoxy) is 2. The number of aromatic amines is 1. The summed E-state index contributed by atoms with van der Waals surface area (Å²) in [4.78, 5) is 14.6. The second kappa shape index (κ2) is 4.49. The molecule has 4 heteroatoms. The molecule has 0 aliphatic carbocycles. The summed E-state index contributed by atoms with van der Waals surface area (Å²) in [6.07, 6.45) is 0.125. The van der Waals surface area contributed by atoms with Crippen molar-refractivity contribution >= 4 is 16.9 Å². The molecule has 0 amide bonds. The Kier molecular flexibility index (Phi) is 2.16. The number of rotatable bonds is 3. The summed E-state index contributed by atoms with van der Waals surface area (Å²) in [5, 5.41) is 0.759. The molecule has 0 spiro atoms. The first-order valence-electron chi connectivity index (χ1n) is 6.67.